The van der Waals surface area contributed by atoms with Crippen molar-refractivity contribution in [2.24, 2.45) is 44.8 Å². The second kappa shape index (κ2) is 6.70. The molecule has 0 unspecified atom stereocenters. The van der Waals surface area contributed by atoms with Gasteiger partial charge in [0, 0.05) is 0 Å². The lowest BCUT2D eigenvalue weighted by molar-refractivity contribution is -0.235. The molecule has 33 heavy (non-hydrogen) atoms. The lowest BCUT2D eigenvalue weighted by Gasteiger charge is -2.73. The average Bonchev–Trinajstić information content (AvgIpc) is 3.05. The van der Waals surface area contributed by atoms with Crippen LogP contribution < -0.4 is 0 Å². The van der Waals surface area contributed by atoms with Crippen LogP contribution in [-0.4, -0.2) is 0 Å². The van der Waals surface area contributed by atoms with Crippen LogP contribution in [-0.2, 0) is 6.42 Å². The highest BCUT2D eigenvalue weighted by molar-refractivity contribution is 5.49. The zero-order valence-electron chi connectivity index (χ0n) is 23.0. The summed E-state index contributed by atoms with van der Waals surface area (Å²) >= 11 is 0. The first-order chi connectivity index (χ1) is 15.4. The van der Waals surface area contributed by atoms with Gasteiger partial charge in [0.05, 0.1) is 0 Å². The summed E-state index contributed by atoms with van der Waals surface area (Å²) in [6.07, 6.45) is 14.6. The van der Waals surface area contributed by atoms with E-state index in [-0.39, 0.29) is 0 Å². The van der Waals surface area contributed by atoms with Crippen molar-refractivity contribution in [1.82, 2.24) is 0 Å². The second-order valence-electron chi connectivity index (χ2n) is 15.3. The van der Waals surface area contributed by atoms with Crippen molar-refractivity contribution < 1.29 is 0 Å². The molecule has 0 amide bonds. The van der Waals surface area contributed by atoms with E-state index >= 15 is 0 Å². The maximum Gasteiger partial charge on any atom is -0.00963 e. The average molecular weight is 447 g/mol. The van der Waals surface area contributed by atoms with Crippen LogP contribution in [0.1, 0.15) is 128 Å². The molecular weight excluding hydrogens is 396 g/mol. The van der Waals surface area contributed by atoms with Gasteiger partial charge in [0.15, 0.2) is 0 Å². The molecule has 0 saturated heterocycles. The van der Waals surface area contributed by atoms with Gasteiger partial charge in [-0.1, -0.05) is 60.1 Å². The van der Waals surface area contributed by atoms with Crippen molar-refractivity contribution in [3.63, 3.8) is 0 Å². The Morgan fingerprint density at radius 1 is 0.636 bits per heavy atom. The van der Waals surface area contributed by atoms with Crippen molar-refractivity contribution in [1.29, 1.82) is 0 Å². The summed E-state index contributed by atoms with van der Waals surface area (Å²) in [5.41, 5.74) is 9.23. The van der Waals surface area contributed by atoms with E-state index < -0.39 is 0 Å². The molecule has 0 spiro atoms. The van der Waals surface area contributed by atoms with Gasteiger partial charge < -0.3 is 0 Å². The van der Waals surface area contributed by atoms with Gasteiger partial charge in [-0.15, -0.1) is 0 Å². The SMILES string of the molecule is Cc1ccc(C)c2c1C[C@]1(C)[C@H]3CC[C@@H]4[C@@]5(C)CCCC(C)(C)[C@@H]5CC[C@@]4(C)[C@]3(C)CC[C@@H]21. The predicted molar refractivity (Wildman–Crippen MR) is 141 cm³/mol. The summed E-state index contributed by atoms with van der Waals surface area (Å²) in [6, 6.07) is 4.82. The van der Waals surface area contributed by atoms with E-state index in [2.05, 4.69) is 67.5 Å². The first-order valence-electron chi connectivity index (χ1n) is 14.5. The molecule has 0 bridgehead atoms. The van der Waals surface area contributed by atoms with Crippen LogP contribution in [0.15, 0.2) is 12.1 Å². The van der Waals surface area contributed by atoms with Crippen LogP contribution in [0, 0.1) is 58.7 Å². The number of hydrogen-bond donors (Lipinski definition) is 0. The van der Waals surface area contributed by atoms with Crippen LogP contribution in [0.5, 0.6) is 0 Å². The molecule has 0 heterocycles. The summed E-state index contributed by atoms with van der Waals surface area (Å²) in [5.74, 6) is 3.54. The Hall–Kier alpha value is -0.780. The van der Waals surface area contributed by atoms with E-state index in [1.165, 1.54) is 64.2 Å². The van der Waals surface area contributed by atoms with Gasteiger partial charge in [-0.2, -0.15) is 0 Å². The van der Waals surface area contributed by atoms with Gasteiger partial charge in [-0.25, -0.2) is 0 Å². The first-order valence-corrected chi connectivity index (χ1v) is 14.5. The van der Waals surface area contributed by atoms with E-state index in [0.29, 0.717) is 27.1 Å². The quantitative estimate of drug-likeness (QED) is 0.372. The van der Waals surface area contributed by atoms with Crippen molar-refractivity contribution in [2.75, 3.05) is 0 Å². The number of fused-ring (bicyclic) bond motifs is 9. The smallest absolute Gasteiger partial charge is 0.00963 e. The van der Waals surface area contributed by atoms with Gasteiger partial charge in [-0.3, -0.25) is 0 Å². The van der Waals surface area contributed by atoms with Crippen LogP contribution in [0.25, 0.3) is 0 Å². The first kappa shape index (κ1) is 22.7. The minimum absolute atomic E-state index is 0.462. The fourth-order valence-corrected chi connectivity index (χ4v) is 12.3. The van der Waals surface area contributed by atoms with Crippen molar-refractivity contribution in [3.8, 4) is 0 Å². The molecule has 0 radical (unpaired) electrons. The molecule has 0 aliphatic heterocycles. The Morgan fingerprint density at radius 3 is 1.94 bits per heavy atom. The highest BCUT2D eigenvalue weighted by Gasteiger charge is 2.70. The summed E-state index contributed by atoms with van der Waals surface area (Å²) in [4.78, 5) is 0. The monoisotopic (exact) mass is 446 g/mol. The molecule has 5 aliphatic carbocycles. The zero-order chi connectivity index (χ0) is 23.6. The minimum Gasteiger partial charge on any atom is -0.0596 e. The molecule has 182 valence electrons. The largest absolute Gasteiger partial charge is 0.0596 e. The molecule has 0 heteroatoms. The number of aryl methyl sites for hydroxylation is 2. The summed E-state index contributed by atoms with van der Waals surface area (Å²) in [5, 5.41) is 0. The van der Waals surface area contributed by atoms with Crippen molar-refractivity contribution in [2.45, 2.75) is 126 Å². The summed E-state index contributed by atoms with van der Waals surface area (Å²) in [6.45, 7) is 21.1. The standard InChI is InChI=1S/C33H50/c1-21-10-11-22(2)28-23(21)20-31(6)24(28)14-18-32(7)27(31)13-12-26-30(5)17-9-16-29(3,4)25(30)15-19-33(26,32)8/h10-11,24-27H,9,12-20H2,1-8H3/t24-,25-,26+,27+,30-,31-,32+,33+/m0/s1. The lowest BCUT2D eigenvalue weighted by Crippen LogP contribution is -2.65. The van der Waals surface area contributed by atoms with E-state index in [4.69, 9.17) is 0 Å². The van der Waals surface area contributed by atoms with E-state index in [0.717, 1.165) is 23.7 Å². The Kier molecular flexibility index (Phi) is 4.60. The van der Waals surface area contributed by atoms with Crippen LogP contribution >= 0.6 is 0 Å². The highest BCUT2D eigenvalue weighted by atomic mass is 14.7. The molecule has 1 aromatic carbocycles. The predicted octanol–water partition coefficient (Wildman–Crippen LogP) is 9.41. The number of benzene rings is 1. The Balaban J connectivity index is 1.41. The van der Waals surface area contributed by atoms with E-state index in [9.17, 15) is 0 Å². The third-order valence-electron chi connectivity index (χ3n) is 13.9. The minimum atomic E-state index is 0.462. The molecule has 4 saturated carbocycles. The van der Waals surface area contributed by atoms with Crippen LogP contribution in [0.3, 0.4) is 0 Å². The van der Waals surface area contributed by atoms with Gasteiger partial charge in [0.2, 0.25) is 0 Å². The number of hydrogen-bond acceptors (Lipinski definition) is 0. The highest BCUT2D eigenvalue weighted by Crippen LogP contribution is 2.78. The topological polar surface area (TPSA) is 0 Å². The van der Waals surface area contributed by atoms with Crippen LogP contribution in [0.2, 0.25) is 0 Å². The Labute approximate surface area is 204 Å². The molecule has 8 atom stereocenters. The van der Waals surface area contributed by atoms with E-state index in [1.807, 2.05) is 0 Å². The van der Waals surface area contributed by atoms with Crippen molar-refractivity contribution in [3.05, 3.63) is 34.4 Å². The van der Waals surface area contributed by atoms with Gasteiger partial charge >= 0.3 is 0 Å². The lowest BCUT2D eigenvalue weighted by atomic mass is 9.32. The Morgan fingerprint density at radius 2 is 1.24 bits per heavy atom. The van der Waals surface area contributed by atoms with Gasteiger partial charge in [0.25, 0.3) is 0 Å². The number of rotatable bonds is 0. The molecule has 4 fully saturated rings. The maximum absolute atomic E-state index is 2.80. The Bertz CT molecular complexity index is 984. The second-order valence-corrected chi connectivity index (χ2v) is 15.3. The summed E-state index contributed by atoms with van der Waals surface area (Å²) in [7, 11) is 0. The third kappa shape index (κ3) is 2.60. The molecule has 1 aromatic rings. The zero-order valence-corrected chi connectivity index (χ0v) is 23.0. The van der Waals surface area contributed by atoms with E-state index in [1.54, 1.807) is 22.3 Å². The fourth-order valence-electron chi connectivity index (χ4n) is 12.3. The third-order valence-corrected chi connectivity index (χ3v) is 13.9. The van der Waals surface area contributed by atoms with Gasteiger partial charge in [-0.05, 0) is 145 Å². The molecule has 0 aromatic heterocycles. The van der Waals surface area contributed by atoms with Gasteiger partial charge in [0.1, 0.15) is 0 Å². The van der Waals surface area contributed by atoms with Crippen LogP contribution in [0.4, 0.5) is 0 Å². The fraction of sp³-hybridized carbons (Fsp3) is 0.818. The molecular formula is C33H50. The summed E-state index contributed by atoms with van der Waals surface area (Å²) < 4.78 is 0. The molecule has 0 N–H and O–H groups in total. The molecule has 0 nitrogen and oxygen atoms in total. The molecule has 5 aliphatic rings. The molecule has 6 rings (SSSR count). The van der Waals surface area contributed by atoms with Crippen molar-refractivity contribution >= 4 is 0 Å². The normalized spacial score (nSPS) is 49.9. The maximum atomic E-state index is 2.80.